The standard InChI is InChI=1S/C13H20N2O5S/c1-3-6-15(7-8-16)21(18,19)12-9-10(14)4-5-11(12)13(17)20-2/h4-5,9,16H,3,6-8,14H2,1-2H3. The highest BCUT2D eigenvalue weighted by Gasteiger charge is 2.29. The fourth-order valence-electron chi connectivity index (χ4n) is 1.88. The van der Waals surface area contributed by atoms with Crippen LogP contribution < -0.4 is 5.73 Å². The van der Waals surface area contributed by atoms with Crippen molar-refractivity contribution in [3.63, 3.8) is 0 Å². The van der Waals surface area contributed by atoms with Crippen LogP contribution >= 0.6 is 0 Å². The van der Waals surface area contributed by atoms with E-state index in [0.29, 0.717) is 6.42 Å². The van der Waals surface area contributed by atoms with Gasteiger partial charge >= 0.3 is 5.97 Å². The van der Waals surface area contributed by atoms with Crippen LogP contribution in [0, 0.1) is 0 Å². The smallest absolute Gasteiger partial charge is 0.339 e. The topological polar surface area (TPSA) is 110 Å². The highest BCUT2D eigenvalue weighted by Crippen LogP contribution is 2.23. The molecule has 0 atom stereocenters. The van der Waals surface area contributed by atoms with E-state index in [0.717, 1.165) is 4.31 Å². The fourth-order valence-corrected chi connectivity index (χ4v) is 3.62. The van der Waals surface area contributed by atoms with Crippen molar-refractivity contribution >= 4 is 21.7 Å². The van der Waals surface area contributed by atoms with Gasteiger partial charge in [-0.2, -0.15) is 4.31 Å². The van der Waals surface area contributed by atoms with Crippen LogP contribution in [-0.4, -0.2) is 50.6 Å². The number of sulfonamides is 1. The van der Waals surface area contributed by atoms with E-state index in [9.17, 15) is 13.2 Å². The van der Waals surface area contributed by atoms with Crippen LogP contribution in [0.1, 0.15) is 23.7 Å². The lowest BCUT2D eigenvalue weighted by molar-refractivity contribution is 0.0596. The summed E-state index contributed by atoms with van der Waals surface area (Å²) in [6.07, 6.45) is 0.578. The Morgan fingerprint density at radius 2 is 2.05 bits per heavy atom. The van der Waals surface area contributed by atoms with E-state index < -0.39 is 16.0 Å². The molecular weight excluding hydrogens is 296 g/mol. The summed E-state index contributed by atoms with van der Waals surface area (Å²) in [5, 5.41) is 9.03. The van der Waals surface area contributed by atoms with Gasteiger partial charge in [0.25, 0.3) is 0 Å². The van der Waals surface area contributed by atoms with E-state index in [1.54, 1.807) is 0 Å². The van der Waals surface area contributed by atoms with Gasteiger partial charge in [-0.25, -0.2) is 13.2 Å². The van der Waals surface area contributed by atoms with E-state index in [-0.39, 0.29) is 35.8 Å². The zero-order valence-corrected chi connectivity index (χ0v) is 12.9. The van der Waals surface area contributed by atoms with Crippen LogP contribution in [0.5, 0.6) is 0 Å². The Morgan fingerprint density at radius 1 is 1.38 bits per heavy atom. The Hall–Kier alpha value is -1.64. The molecule has 0 unspecified atom stereocenters. The maximum Gasteiger partial charge on any atom is 0.339 e. The minimum absolute atomic E-state index is 0.0500. The number of aliphatic hydroxyl groups excluding tert-OH is 1. The molecule has 118 valence electrons. The minimum atomic E-state index is -3.94. The van der Waals surface area contributed by atoms with E-state index in [4.69, 9.17) is 10.8 Å². The van der Waals surface area contributed by atoms with Gasteiger partial charge in [-0.1, -0.05) is 6.92 Å². The lowest BCUT2D eigenvalue weighted by atomic mass is 10.2. The van der Waals surface area contributed by atoms with E-state index >= 15 is 0 Å². The molecule has 0 aliphatic carbocycles. The molecular formula is C13H20N2O5S. The van der Waals surface area contributed by atoms with Gasteiger partial charge in [-0.15, -0.1) is 0 Å². The first-order valence-corrected chi connectivity index (χ1v) is 7.91. The summed E-state index contributed by atoms with van der Waals surface area (Å²) in [6, 6.07) is 3.97. The van der Waals surface area contributed by atoms with Gasteiger partial charge in [-0.3, -0.25) is 0 Å². The number of carbonyl (C=O) groups excluding carboxylic acids is 1. The second kappa shape index (κ2) is 7.39. The normalized spacial score (nSPS) is 11.6. The Kier molecular flexibility index (Phi) is 6.13. The molecule has 3 N–H and O–H groups in total. The number of nitrogens with zero attached hydrogens (tertiary/aromatic N) is 1. The summed E-state index contributed by atoms with van der Waals surface area (Å²) in [7, 11) is -2.77. The number of aliphatic hydroxyl groups is 1. The molecule has 0 radical (unpaired) electrons. The van der Waals surface area contributed by atoms with Crippen LogP contribution in [-0.2, 0) is 14.8 Å². The summed E-state index contributed by atoms with van der Waals surface area (Å²) < 4.78 is 31.0. The molecule has 1 aromatic carbocycles. The Labute approximate surface area is 124 Å². The number of hydrogen-bond acceptors (Lipinski definition) is 6. The van der Waals surface area contributed by atoms with Crippen LogP contribution in [0.15, 0.2) is 23.1 Å². The molecule has 0 aliphatic heterocycles. The van der Waals surface area contributed by atoms with Crippen LogP contribution in [0.3, 0.4) is 0 Å². The molecule has 0 aromatic heterocycles. The van der Waals surface area contributed by atoms with Gasteiger partial charge in [-0.05, 0) is 24.6 Å². The molecule has 7 nitrogen and oxygen atoms in total. The van der Waals surface area contributed by atoms with Gasteiger partial charge < -0.3 is 15.6 Å². The quantitative estimate of drug-likeness (QED) is 0.558. The molecule has 0 aliphatic rings. The monoisotopic (exact) mass is 316 g/mol. The Morgan fingerprint density at radius 3 is 2.57 bits per heavy atom. The van der Waals surface area contributed by atoms with E-state index in [1.165, 1.54) is 25.3 Å². The Bertz CT molecular complexity index is 595. The first-order chi connectivity index (χ1) is 9.88. The summed E-state index contributed by atoms with van der Waals surface area (Å²) in [4.78, 5) is 11.5. The summed E-state index contributed by atoms with van der Waals surface area (Å²) in [6.45, 7) is 1.69. The molecule has 0 amide bonds. The summed E-state index contributed by atoms with van der Waals surface area (Å²) in [5.41, 5.74) is 5.78. The molecule has 0 saturated heterocycles. The average Bonchev–Trinajstić information content (AvgIpc) is 2.46. The van der Waals surface area contributed by atoms with Gasteiger partial charge in [0.1, 0.15) is 0 Å². The number of carbonyl (C=O) groups is 1. The third kappa shape index (κ3) is 3.93. The first-order valence-electron chi connectivity index (χ1n) is 6.47. The van der Waals surface area contributed by atoms with Crippen LogP contribution in [0.4, 0.5) is 5.69 Å². The predicted molar refractivity (Wildman–Crippen MR) is 78.3 cm³/mol. The molecule has 0 saturated carbocycles. The number of benzene rings is 1. The summed E-state index contributed by atoms with van der Waals surface area (Å²) >= 11 is 0. The number of nitrogen functional groups attached to an aromatic ring is 1. The van der Waals surface area contributed by atoms with Crippen LogP contribution in [0.25, 0.3) is 0 Å². The van der Waals surface area contributed by atoms with Crippen molar-refractivity contribution < 1.29 is 23.1 Å². The first kappa shape index (κ1) is 17.4. The highest BCUT2D eigenvalue weighted by atomic mass is 32.2. The third-order valence-electron chi connectivity index (χ3n) is 2.85. The fraction of sp³-hybridized carbons (Fsp3) is 0.462. The van der Waals surface area contributed by atoms with Gasteiger partial charge in [0.15, 0.2) is 0 Å². The number of ether oxygens (including phenoxy) is 1. The van der Waals surface area contributed by atoms with Crippen molar-refractivity contribution in [2.24, 2.45) is 0 Å². The summed E-state index contributed by atoms with van der Waals surface area (Å²) in [5.74, 6) is -0.756. The number of hydrogen-bond donors (Lipinski definition) is 2. The maximum absolute atomic E-state index is 12.7. The Balaban J connectivity index is 3.41. The number of anilines is 1. The maximum atomic E-state index is 12.7. The second-order valence-corrected chi connectivity index (χ2v) is 6.28. The largest absolute Gasteiger partial charge is 0.465 e. The van der Waals surface area contributed by atoms with Gasteiger partial charge in [0, 0.05) is 18.8 Å². The second-order valence-electron chi connectivity index (χ2n) is 4.37. The van der Waals surface area contributed by atoms with Crippen molar-refractivity contribution in [1.82, 2.24) is 4.31 Å². The van der Waals surface area contributed by atoms with Gasteiger partial charge in [0.2, 0.25) is 10.0 Å². The molecule has 0 bridgehead atoms. The minimum Gasteiger partial charge on any atom is -0.465 e. The number of rotatable bonds is 7. The average molecular weight is 316 g/mol. The van der Waals surface area contributed by atoms with Gasteiger partial charge in [0.05, 0.1) is 24.2 Å². The zero-order valence-electron chi connectivity index (χ0n) is 12.1. The van der Waals surface area contributed by atoms with Crippen molar-refractivity contribution in [3.05, 3.63) is 23.8 Å². The van der Waals surface area contributed by atoms with Crippen molar-refractivity contribution in [2.75, 3.05) is 32.5 Å². The highest BCUT2D eigenvalue weighted by molar-refractivity contribution is 7.89. The van der Waals surface area contributed by atoms with Crippen molar-refractivity contribution in [1.29, 1.82) is 0 Å². The number of esters is 1. The molecule has 21 heavy (non-hydrogen) atoms. The molecule has 1 rings (SSSR count). The third-order valence-corrected chi connectivity index (χ3v) is 4.79. The molecule has 8 heteroatoms. The zero-order chi connectivity index (χ0) is 16.0. The van der Waals surface area contributed by atoms with E-state index in [1.807, 2.05) is 6.92 Å². The molecule has 0 spiro atoms. The van der Waals surface area contributed by atoms with Crippen molar-refractivity contribution in [2.45, 2.75) is 18.2 Å². The number of methoxy groups -OCH3 is 1. The SMILES string of the molecule is CCCN(CCO)S(=O)(=O)c1cc(N)ccc1C(=O)OC. The lowest BCUT2D eigenvalue weighted by Gasteiger charge is -2.22. The molecule has 0 fully saturated rings. The molecule has 1 aromatic rings. The van der Waals surface area contributed by atoms with E-state index in [2.05, 4.69) is 4.74 Å². The van der Waals surface area contributed by atoms with Crippen molar-refractivity contribution in [3.8, 4) is 0 Å². The molecule has 0 heterocycles. The lowest BCUT2D eigenvalue weighted by Crippen LogP contribution is -2.35. The van der Waals surface area contributed by atoms with Crippen LogP contribution in [0.2, 0.25) is 0 Å². The predicted octanol–water partition coefficient (Wildman–Crippen LogP) is 0.448. The number of nitrogens with two attached hydrogens (primary N) is 1.